The van der Waals surface area contributed by atoms with Crippen LogP contribution in [0.3, 0.4) is 0 Å². The van der Waals surface area contributed by atoms with Crippen molar-refractivity contribution < 1.29 is 9.53 Å². The van der Waals surface area contributed by atoms with Gasteiger partial charge >= 0.3 is 0 Å². The van der Waals surface area contributed by atoms with Gasteiger partial charge in [0.2, 0.25) is 5.91 Å². The maximum absolute atomic E-state index is 12.7. The number of ether oxygens (including phenoxy) is 1. The van der Waals surface area contributed by atoms with Crippen LogP contribution in [-0.4, -0.2) is 44.2 Å². The Hall–Kier alpha value is -0.610. The predicted molar refractivity (Wildman–Crippen MR) is 80.3 cm³/mol. The van der Waals surface area contributed by atoms with E-state index in [2.05, 4.69) is 0 Å². The Balaban J connectivity index is 1.89. The summed E-state index contributed by atoms with van der Waals surface area (Å²) in [6, 6.07) is 0. The molecule has 2 rings (SSSR count). The van der Waals surface area contributed by atoms with Crippen LogP contribution < -0.4 is 5.73 Å². The fourth-order valence-corrected chi connectivity index (χ4v) is 4.05. The number of nitrogens with two attached hydrogens (primary N) is 1. The molecule has 0 spiro atoms. The average molecular weight is 282 g/mol. The van der Waals surface area contributed by atoms with Crippen molar-refractivity contribution in [1.82, 2.24) is 4.90 Å². The number of rotatable bonds is 6. The molecule has 2 aliphatic rings. The van der Waals surface area contributed by atoms with Crippen molar-refractivity contribution in [2.75, 3.05) is 33.4 Å². The van der Waals surface area contributed by atoms with E-state index in [4.69, 9.17) is 10.5 Å². The number of amides is 1. The van der Waals surface area contributed by atoms with Crippen LogP contribution in [0.4, 0.5) is 0 Å². The molecule has 0 aromatic rings. The maximum atomic E-state index is 12.7. The summed E-state index contributed by atoms with van der Waals surface area (Å²) < 4.78 is 5.11. The molecule has 0 bridgehead atoms. The second kappa shape index (κ2) is 7.99. The van der Waals surface area contributed by atoms with Gasteiger partial charge < -0.3 is 15.4 Å². The van der Waals surface area contributed by atoms with E-state index in [0.717, 1.165) is 24.7 Å². The zero-order valence-electron chi connectivity index (χ0n) is 12.9. The fraction of sp³-hybridized carbons (Fsp3) is 0.938. The monoisotopic (exact) mass is 282 g/mol. The van der Waals surface area contributed by atoms with Gasteiger partial charge in [0, 0.05) is 32.7 Å². The largest absolute Gasteiger partial charge is 0.383 e. The molecule has 4 heteroatoms. The lowest BCUT2D eigenvalue weighted by Gasteiger charge is -2.40. The van der Waals surface area contributed by atoms with E-state index in [1.165, 1.54) is 32.1 Å². The molecule has 2 aliphatic carbocycles. The number of fused-ring (bicyclic) bond motifs is 1. The number of methoxy groups -OCH3 is 1. The van der Waals surface area contributed by atoms with E-state index in [1.807, 2.05) is 4.90 Å². The zero-order valence-corrected chi connectivity index (χ0v) is 12.9. The molecule has 0 aromatic carbocycles. The second-order valence-electron chi connectivity index (χ2n) is 6.42. The summed E-state index contributed by atoms with van der Waals surface area (Å²) in [5.74, 6) is 2.25. The number of carbonyl (C=O) groups is 1. The minimum absolute atomic E-state index is 0.234. The lowest BCUT2D eigenvalue weighted by molar-refractivity contribution is -0.138. The molecule has 3 atom stereocenters. The zero-order chi connectivity index (χ0) is 14.4. The van der Waals surface area contributed by atoms with Crippen LogP contribution in [0.1, 0.15) is 44.9 Å². The third-order valence-corrected chi connectivity index (χ3v) is 5.16. The molecule has 0 heterocycles. The Bertz CT molecular complexity index is 309. The van der Waals surface area contributed by atoms with Gasteiger partial charge in [0.05, 0.1) is 6.61 Å². The summed E-state index contributed by atoms with van der Waals surface area (Å²) in [4.78, 5) is 14.6. The van der Waals surface area contributed by atoms with E-state index in [0.29, 0.717) is 32.1 Å². The Morgan fingerprint density at radius 2 is 1.90 bits per heavy atom. The number of hydrogen-bond acceptors (Lipinski definition) is 3. The Morgan fingerprint density at radius 3 is 2.60 bits per heavy atom. The highest BCUT2D eigenvalue weighted by atomic mass is 16.5. The van der Waals surface area contributed by atoms with Crippen molar-refractivity contribution in [3.8, 4) is 0 Å². The molecule has 20 heavy (non-hydrogen) atoms. The van der Waals surface area contributed by atoms with E-state index in [-0.39, 0.29) is 5.92 Å². The molecule has 0 aliphatic heterocycles. The molecule has 0 aromatic heterocycles. The molecular weight excluding hydrogens is 252 g/mol. The van der Waals surface area contributed by atoms with Gasteiger partial charge in [-0.2, -0.15) is 0 Å². The maximum Gasteiger partial charge on any atom is 0.225 e. The number of carbonyl (C=O) groups excluding carboxylic acids is 1. The summed E-state index contributed by atoms with van der Waals surface area (Å²) in [5, 5.41) is 0. The van der Waals surface area contributed by atoms with Crippen molar-refractivity contribution in [2.45, 2.75) is 44.9 Å². The summed E-state index contributed by atoms with van der Waals surface area (Å²) in [5.41, 5.74) is 5.64. The van der Waals surface area contributed by atoms with Crippen molar-refractivity contribution >= 4 is 5.91 Å². The fourth-order valence-electron chi connectivity index (χ4n) is 4.05. The van der Waals surface area contributed by atoms with Crippen LogP contribution in [0.5, 0.6) is 0 Å². The molecule has 1 amide bonds. The third-order valence-electron chi connectivity index (χ3n) is 5.16. The predicted octanol–water partition coefficient (Wildman–Crippen LogP) is 2.03. The molecule has 3 unspecified atom stereocenters. The standard InChI is InChI=1S/C16H30N2O2/c1-20-11-10-18(9-8-17)16(19)15-7-6-13-4-2-3-5-14(13)12-15/h13-15H,2-12,17H2,1H3. The van der Waals surface area contributed by atoms with Gasteiger partial charge in [-0.1, -0.05) is 25.7 Å². The van der Waals surface area contributed by atoms with Crippen molar-refractivity contribution in [3.05, 3.63) is 0 Å². The highest BCUT2D eigenvalue weighted by Gasteiger charge is 2.36. The van der Waals surface area contributed by atoms with Crippen LogP contribution in [-0.2, 0) is 9.53 Å². The van der Waals surface area contributed by atoms with E-state index in [1.54, 1.807) is 7.11 Å². The molecule has 2 saturated carbocycles. The first kappa shape index (κ1) is 15.8. The van der Waals surface area contributed by atoms with Crippen LogP contribution in [0.2, 0.25) is 0 Å². The number of hydrogen-bond donors (Lipinski definition) is 1. The Labute approximate surface area is 123 Å². The first-order valence-electron chi connectivity index (χ1n) is 8.24. The quantitative estimate of drug-likeness (QED) is 0.811. The van der Waals surface area contributed by atoms with Crippen LogP contribution in [0.25, 0.3) is 0 Å². The average Bonchev–Trinajstić information content (AvgIpc) is 2.50. The van der Waals surface area contributed by atoms with Crippen LogP contribution in [0, 0.1) is 17.8 Å². The lowest BCUT2D eigenvalue weighted by atomic mass is 9.67. The summed E-state index contributed by atoms with van der Waals surface area (Å²) in [6.07, 6.45) is 8.92. The van der Waals surface area contributed by atoms with Crippen LogP contribution in [0.15, 0.2) is 0 Å². The first-order chi connectivity index (χ1) is 9.76. The highest BCUT2D eigenvalue weighted by Crippen LogP contribution is 2.43. The highest BCUT2D eigenvalue weighted by molar-refractivity contribution is 5.79. The minimum Gasteiger partial charge on any atom is -0.383 e. The van der Waals surface area contributed by atoms with E-state index in [9.17, 15) is 4.79 Å². The van der Waals surface area contributed by atoms with E-state index < -0.39 is 0 Å². The number of nitrogens with zero attached hydrogens (tertiary/aromatic N) is 1. The molecule has 0 radical (unpaired) electrons. The summed E-state index contributed by atoms with van der Waals surface area (Å²) >= 11 is 0. The van der Waals surface area contributed by atoms with Crippen LogP contribution >= 0.6 is 0 Å². The normalized spacial score (nSPS) is 29.8. The van der Waals surface area contributed by atoms with Gasteiger partial charge in [-0.3, -0.25) is 4.79 Å². The van der Waals surface area contributed by atoms with Crippen molar-refractivity contribution in [3.63, 3.8) is 0 Å². The van der Waals surface area contributed by atoms with Gasteiger partial charge in [0.1, 0.15) is 0 Å². The van der Waals surface area contributed by atoms with Crippen molar-refractivity contribution in [1.29, 1.82) is 0 Å². The van der Waals surface area contributed by atoms with Gasteiger partial charge in [-0.25, -0.2) is 0 Å². The molecule has 0 saturated heterocycles. The molecule has 2 N–H and O–H groups in total. The smallest absolute Gasteiger partial charge is 0.225 e. The minimum atomic E-state index is 0.234. The molecule has 116 valence electrons. The third kappa shape index (κ3) is 3.95. The molecule has 2 fully saturated rings. The van der Waals surface area contributed by atoms with Gasteiger partial charge in [-0.05, 0) is 31.1 Å². The summed E-state index contributed by atoms with van der Waals surface area (Å²) in [7, 11) is 1.68. The summed E-state index contributed by atoms with van der Waals surface area (Å²) in [6.45, 7) is 2.47. The van der Waals surface area contributed by atoms with E-state index >= 15 is 0 Å². The Kier molecular flexibility index (Phi) is 6.30. The lowest BCUT2D eigenvalue weighted by Crippen LogP contribution is -2.43. The second-order valence-corrected chi connectivity index (χ2v) is 6.42. The molecular formula is C16H30N2O2. The van der Waals surface area contributed by atoms with Gasteiger partial charge in [0.25, 0.3) is 0 Å². The molecule has 4 nitrogen and oxygen atoms in total. The van der Waals surface area contributed by atoms with Gasteiger partial charge in [-0.15, -0.1) is 0 Å². The Morgan fingerprint density at radius 1 is 1.15 bits per heavy atom. The van der Waals surface area contributed by atoms with Gasteiger partial charge in [0.15, 0.2) is 0 Å². The van der Waals surface area contributed by atoms with Crippen molar-refractivity contribution in [2.24, 2.45) is 23.5 Å². The topological polar surface area (TPSA) is 55.6 Å². The SMILES string of the molecule is COCCN(CCN)C(=O)C1CCC2CCCCC2C1. The first-order valence-corrected chi connectivity index (χ1v) is 8.24.